The number of benzene rings is 1. The maximum Gasteiger partial charge on any atom is 0.267 e. The Morgan fingerprint density at radius 2 is 1.76 bits per heavy atom. The summed E-state index contributed by atoms with van der Waals surface area (Å²) in [5.74, 6) is 0.492. The van der Waals surface area contributed by atoms with Gasteiger partial charge in [0.1, 0.15) is 10.6 Å². The van der Waals surface area contributed by atoms with E-state index in [0.717, 1.165) is 16.7 Å². The lowest BCUT2D eigenvalue weighted by Gasteiger charge is -2.16. The van der Waals surface area contributed by atoms with Gasteiger partial charge in [0, 0.05) is 31.2 Å². The number of nitrogens with one attached hydrogen (secondary N) is 1. The lowest BCUT2D eigenvalue weighted by atomic mass is 10.1. The van der Waals surface area contributed by atoms with Gasteiger partial charge in [-0.15, -0.1) is 0 Å². The second-order valence-corrected chi connectivity index (χ2v) is 9.82. The molecule has 4 aromatic rings. The van der Waals surface area contributed by atoms with Crippen LogP contribution in [0.3, 0.4) is 0 Å². The summed E-state index contributed by atoms with van der Waals surface area (Å²) in [5, 5.41) is 4.44. The van der Waals surface area contributed by atoms with Crippen molar-refractivity contribution < 1.29 is 13.2 Å². The first kappa shape index (κ1) is 22.8. The zero-order chi connectivity index (χ0) is 23.8. The van der Waals surface area contributed by atoms with E-state index in [0.29, 0.717) is 27.7 Å². The van der Waals surface area contributed by atoms with Crippen LogP contribution in [0.2, 0.25) is 5.02 Å². The van der Waals surface area contributed by atoms with E-state index in [9.17, 15) is 8.42 Å². The molecule has 0 saturated carbocycles. The molecular weight excluding hydrogens is 462 g/mol. The number of hydrogen-bond acceptors (Lipinski definition) is 6. The van der Waals surface area contributed by atoms with E-state index in [1.165, 1.54) is 23.1 Å². The smallest absolute Gasteiger partial charge is 0.267 e. The minimum absolute atomic E-state index is 0.0566. The van der Waals surface area contributed by atoms with E-state index in [-0.39, 0.29) is 10.8 Å². The lowest BCUT2D eigenvalue weighted by Crippen LogP contribution is -2.14. The van der Waals surface area contributed by atoms with Gasteiger partial charge in [-0.2, -0.15) is 5.10 Å². The highest BCUT2D eigenvalue weighted by molar-refractivity contribution is 7.92. The van der Waals surface area contributed by atoms with Gasteiger partial charge in [-0.1, -0.05) is 29.3 Å². The number of sulfonamides is 1. The molecule has 0 unspecified atom stereocenters. The highest BCUT2D eigenvalue weighted by Crippen LogP contribution is 2.35. The normalized spacial score (nSPS) is 11.4. The Kier molecular flexibility index (Phi) is 6.09. The highest BCUT2D eigenvalue weighted by atomic mass is 35.5. The summed E-state index contributed by atoms with van der Waals surface area (Å²) < 4.78 is 36.7. The summed E-state index contributed by atoms with van der Waals surface area (Å²) in [5.41, 5.74) is 4.25. The van der Waals surface area contributed by atoms with Crippen molar-refractivity contribution in [3.05, 3.63) is 76.8 Å². The molecule has 1 aromatic carbocycles. The number of aromatic nitrogens is 4. The van der Waals surface area contributed by atoms with Crippen LogP contribution in [0.1, 0.15) is 16.7 Å². The van der Waals surface area contributed by atoms with Gasteiger partial charge >= 0.3 is 0 Å². The fourth-order valence-electron chi connectivity index (χ4n) is 3.53. The molecule has 3 aromatic heterocycles. The average molecular weight is 484 g/mol. The topological polar surface area (TPSA) is 99.0 Å². The summed E-state index contributed by atoms with van der Waals surface area (Å²) in [6.45, 7) is 5.80. The average Bonchev–Trinajstić information content (AvgIpc) is 3.14. The Morgan fingerprint density at radius 3 is 2.39 bits per heavy atom. The molecule has 0 bridgehead atoms. The van der Waals surface area contributed by atoms with Crippen LogP contribution in [0.5, 0.6) is 11.6 Å². The molecule has 0 aliphatic carbocycles. The van der Waals surface area contributed by atoms with Gasteiger partial charge in [0.25, 0.3) is 10.0 Å². The fourth-order valence-corrected chi connectivity index (χ4v) is 4.79. The molecule has 3 heterocycles. The molecule has 8 nitrogen and oxygen atoms in total. The maximum absolute atomic E-state index is 13.2. The zero-order valence-electron chi connectivity index (χ0n) is 18.5. The molecule has 0 saturated heterocycles. The molecule has 0 fully saturated rings. The molecule has 170 valence electrons. The SMILES string of the molecule is Cc1cc(C)c(Oc2nc(-c3cncc(Cl)c3)ccc2S(=O)(=O)Nc2cnn(C)c2)c(C)c1. The molecule has 0 spiro atoms. The van der Waals surface area contributed by atoms with Crippen LogP contribution in [0.15, 0.2) is 60.0 Å². The first-order chi connectivity index (χ1) is 15.6. The molecule has 33 heavy (non-hydrogen) atoms. The Morgan fingerprint density at radius 1 is 1.03 bits per heavy atom. The van der Waals surface area contributed by atoms with Crippen LogP contribution >= 0.6 is 11.6 Å². The predicted molar refractivity (Wildman–Crippen MR) is 127 cm³/mol. The number of anilines is 1. The minimum Gasteiger partial charge on any atom is -0.437 e. The van der Waals surface area contributed by atoms with Gasteiger partial charge in [0.2, 0.25) is 5.88 Å². The van der Waals surface area contributed by atoms with Crippen molar-refractivity contribution in [3.8, 4) is 22.9 Å². The van der Waals surface area contributed by atoms with Crippen LogP contribution in [-0.4, -0.2) is 28.2 Å². The third-order valence-corrected chi connectivity index (χ3v) is 6.48. The maximum atomic E-state index is 13.2. The van der Waals surface area contributed by atoms with Crippen LogP contribution in [0, 0.1) is 20.8 Å². The summed E-state index contributed by atoms with van der Waals surface area (Å²) in [4.78, 5) is 8.52. The largest absolute Gasteiger partial charge is 0.437 e. The molecule has 0 amide bonds. The Hall–Kier alpha value is -3.43. The van der Waals surface area contributed by atoms with Gasteiger partial charge < -0.3 is 4.74 Å². The number of nitrogens with zero attached hydrogens (tertiary/aromatic N) is 4. The second kappa shape index (κ2) is 8.84. The number of aryl methyl sites for hydroxylation is 4. The van der Waals surface area contributed by atoms with Crippen LogP contribution in [0.4, 0.5) is 5.69 Å². The van der Waals surface area contributed by atoms with Gasteiger partial charge in [-0.3, -0.25) is 14.4 Å². The first-order valence-corrected chi connectivity index (χ1v) is 11.9. The zero-order valence-corrected chi connectivity index (χ0v) is 20.1. The van der Waals surface area contributed by atoms with Crippen molar-refractivity contribution in [1.29, 1.82) is 0 Å². The van der Waals surface area contributed by atoms with E-state index in [1.54, 1.807) is 31.6 Å². The number of halogens is 1. The molecule has 0 aliphatic heterocycles. The van der Waals surface area contributed by atoms with E-state index in [2.05, 4.69) is 19.8 Å². The predicted octanol–water partition coefficient (Wildman–Crippen LogP) is 5.05. The second-order valence-electron chi connectivity index (χ2n) is 7.73. The van der Waals surface area contributed by atoms with E-state index >= 15 is 0 Å². The molecule has 10 heteroatoms. The molecule has 0 radical (unpaired) electrons. The molecule has 1 N–H and O–H groups in total. The number of pyridine rings is 2. The summed E-state index contributed by atoms with van der Waals surface area (Å²) in [6.07, 6.45) is 6.10. The van der Waals surface area contributed by atoms with Gasteiger partial charge in [-0.25, -0.2) is 13.4 Å². The standard InChI is InChI=1S/C23H22ClN5O3S/c1-14-7-15(2)22(16(3)8-14)32-23-21(33(30,31)28-19-12-26-29(4)13-19)6-5-20(27-23)17-9-18(24)11-25-10-17/h5-13,28H,1-4H3. The first-order valence-electron chi connectivity index (χ1n) is 10.0. The molecule has 0 atom stereocenters. The highest BCUT2D eigenvalue weighted by Gasteiger charge is 2.24. The number of hydrogen-bond donors (Lipinski definition) is 1. The minimum atomic E-state index is -4.02. The molecule has 0 aliphatic rings. The van der Waals surface area contributed by atoms with Gasteiger partial charge in [0.15, 0.2) is 0 Å². The van der Waals surface area contributed by atoms with E-state index in [4.69, 9.17) is 16.3 Å². The summed E-state index contributed by atoms with van der Waals surface area (Å²) in [7, 11) is -2.33. The third kappa shape index (κ3) is 4.99. The number of rotatable bonds is 6. The van der Waals surface area contributed by atoms with Crippen LogP contribution < -0.4 is 9.46 Å². The van der Waals surface area contributed by atoms with Crippen molar-refractivity contribution in [1.82, 2.24) is 19.7 Å². The Labute approximate surface area is 197 Å². The monoisotopic (exact) mass is 483 g/mol. The van der Waals surface area contributed by atoms with Crippen molar-refractivity contribution in [3.63, 3.8) is 0 Å². The van der Waals surface area contributed by atoms with Crippen LogP contribution in [0.25, 0.3) is 11.3 Å². The van der Waals surface area contributed by atoms with Crippen molar-refractivity contribution in [2.45, 2.75) is 25.7 Å². The summed E-state index contributed by atoms with van der Waals surface area (Å²) in [6, 6.07) is 8.68. The Bertz CT molecular complexity index is 1430. The third-order valence-electron chi connectivity index (χ3n) is 4.88. The van der Waals surface area contributed by atoms with Crippen molar-refractivity contribution >= 4 is 27.3 Å². The Balaban J connectivity index is 1.84. The van der Waals surface area contributed by atoms with Crippen molar-refractivity contribution in [2.75, 3.05) is 4.72 Å². The fraction of sp³-hybridized carbons (Fsp3) is 0.174. The van der Waals surface area contributed by atoms with Gasteiger partial charge in [0.05, 0.1) is 22.6 Å². The van der Waals surface area contributed by atoms with E-state index < -0.39 is 10.0 Å². The summed E-state index contributed by atoms with van der Waals surface area (Å²) >= 11 is 6.08. The quantitative estimate of drug-likeness (QED) is 0.412. The van der Waals surface area contributed by atoms with E-state index in [1.807, 2.05) is 32.9 Å². The number of ether oxygens (including phenoxy) is 1. The van der Waals surface area contributed by atoms with Crippen LogP contribution in [-0.2, 0) is 17.1 Å². The van der Waals surface area contributed by atoms with Gasteiger partial charge in [-0.05, 0) is 50.1 Å². The van der Waals surface area contributed by atoms with Crippen molar-refractivity contribution in [2.24, 2.45) is 7.05 Å². The lowest BCUT2D eigenvalue weighted by molar-refractivity contribution is 0.441. The molecule has 4 rings (SSSR count). The molecular formula is C23H22ClN5O3S.